The van der Waals surface area contributed by atoms with E-state index in [-0.39, 0.29) is 0 Å². The Morgan fingerprint density at radius 2 is 1.11 bits per heavy atom. The van der Waals surface area contributed by atoms with E-state index in [2.05, 4.69) is 46.8 Å². The van der Waals surface area contributed by atoms with E-state index >= 15 is 0 Å². The predicted octanol–water partition coefficient (Wildman–Crippen LogP) is 3.06. The van der Waals surface area contributed by atoms with Gasteiger partial charge >= 0.3 is 0 Å². The lowest BCUT2D eigenvalue weighted by Crippen LogP contribution is -2.30. The van der Waals surface area contributed by atoms with Crippen molar-refractivity contribution >= 4 is 11.4 Å². The molecule has 0 radical (unpaired) electrons. The van der Waals surface area contributed by atoms with Crippen molar-refractivity contribution in [2.24, 2.45) is 0 Å². The minimum absolute atomic E-state index is 0.809. The maximum Gasteiger partial charge on any atom is 0.0690 e. The SMILES string of the molecule is CN(CNc1ccccc1)CNc1ccccc1. The van der Waals surface area contributed by atoms with Crippen molar-refractivity contribution in [3.05, 3.63) is 60.7 Å². The predicted molar refractivity (Wildman–Crippen MR) is 77.6 cm³/mol. The first-order valence-electron chi connectivity index (χ1n) is 6.11. The Kier molecular flexibility index (Phi) is 4.61. The lowest BCUT2D eigenvalue weighted by Gasteiger charge is -2.19. The first-order chi connectivity index (χ1) is 8.84. The van der Waals surface area contributed by atoms with E-state index in [1.807, 2.05) is 36.4 Å². The number of benzene rings is 2. The van der Waals surface area contributed by atoms with Crippen molar-refractivity contribution in [2.75, 3.05) is 31.0 Å². The highest BCUT2D eigenvalue weighted by molar-refractivity contribution is 5.43. The highest BCUT2D eigenvalue weighted by atomic mass is 15.3. The Morgan fingerprint density at radius 3 is 1.50 bits per heavy atom. The van der Waals surface area contributed by atoms with Crippen LogP contribution in [0.5, 0.6) is 0 Å². The van der Waals surface area contributed by atoms with Crippen LogP contribution < -0.4 is 10.6 Å². The minimum Gasteiger partial charge on any atom is -0.372 e. The molecule has 2 aromatic rings. The van der Waals surface area contributed by atoms with Crippen molar-refractivity contribution in [3.8, 4) is 0 Å². The normalized spacial score (nSPS) is 10.3. The van der Waals surface area contributed by atoms with Gasteiger partial charge in [-0.3, -0.25) is 4.90 Å². The molecule has 0 spiro atoms. The van der Waals surface area contributed by atoms with Gasteiger partial charge < -0.3 is 10.6 Å². The fraction of sp³-hybridized carbons (Fsp3) is 0.200. The first-order valence-corrected chi connectivity index (χ1v) is 6.11. The average Bonchev–Trinajstić information content (AvgIpc) is 2.45. The van der Waals surface area contributed by atoms with Crippen LogP contribution in [0.25, 0.3) is 0 Å². The zero-order valence-electron chi connectivity index (χ0n) is 10.6. The van der Waals surface area contributed by atoms with Crippen LogP contribution in [0.1, 0.15) is 0 Å². The number of nitrogens with zero attached hydrogens (tertiary/aromatic N) is 1. The average molecular weight is 241 g/mol. The van der Waals surface area contributed by atoms with Crippen LogP contribution in [-0.4, -0.2) is 25.3 Å². The van der Waals surface area contributed by atoms with Gasteiger partial charge in [0.2, 0.25) is 0 Å². The summed E-state index contributed by atoms with van der Waals surface area (Å²) in [7, 11) is 2.08. The van der Waals surface area contributed by atoms with E-state index in [9.17, 15) is 0 Å². The molecule has 0 heterocycles. The number of rotatable bonds is 6. The van der Waals surface area contributed by atoms with Crippen molar-refractivity contribution < 1.29 is 0 Å². The molecule has 0 atom stereocenters. The van der Waals surface area contributed by atoms with Gasteiger partial charge in [-0.15, -0.1) is 0 Å². The molecule has 0 aromatic heterocycles. The van der Waals surface area contributed by atoms with Crippen molar-refractivity contribution in [3.63, 3.8) is 0 Å². The van der Waals surface area contributed by atoms with E-state index < -0.39 is 0 Å². The molecule has 0 amide bonds. The molecule has 0 aliphatic carbocycles. The number of anilines is 2. The van der Waals surface area contributed by atoms with E-state index in [0.29, 0.717) is 0 Å². The number of para-hydroxylation sites is 2. The van der Waals surface area contributed by atoms with Gasteiger partial charge in [0.15, 0.2) is 0 Å². The van der Waals surface area contributed by atoms with Gasteiger partial charge in [-0.1, -0.05) is 36.4 Å². The quantitative estimate of drug-likeness (QED) is 0.761. The maximum atomic E-state index is 3.37. The van der Waals surface area contributed by atoms with Crippen LogP contribution in [0, 0.1) is 0 Å². The fourth-order valence-corrected chi connectivity index (χ4v) is 1.62. The third-order valence-corrected chi connectivity index (χ3v) is 2.65. The molecule has 2 aromatic carbocycles. The summed E-state index contributed by atoms with van der Waals surface area (Å²) in [6, 6.07) is 20.4. The third kappa shape index (κ3) is 4.11. The van der Waals surface area contributed by atoms with E-state index in [1.54, 1.807) is 0 Å². The molecule has 0 saturated carbocycles. The standard InChI is InChI=1S/C15H19N3/c1-18(12-16-14-8-4-2-5-9-14)13-17-15-10-6-3-7-11-15/h2-11,16-17H,12-13H2,1H3. The summed E-state index contributed by atoms with van der Waals surface area (Å²) in [4.78, 5) is 2.18. The lowest BCUT2D eigenvalue weighted by molar-refractivity contribution is 0.384. The third-order valence-electron chi connectivity index (χ3n) is 2.65. The Hall–Kier alpha value is -2.00. The highest BCUT2D eigenvalue weighted by Crippen LogP contribution is 2.06. The summed E-state index contributed by atoms with van der Waals surface area (Å²) in [5.41, 5.74) is 2.29. The molecule has 2 rings (SSSR count). The highest BCUT2D eigenvalue weighted by Gasteiger charge is 1.97. The van der Waals surface area contributed by atoms with Crippen LogP contribution in [-0.2, 0) is 0 Å². The number of hydrogen-bond donors (Lipinski definition) is 2. The molecular weight excluding hydrogens is 222 g/mol. The maximum absolute atomic E-state index is 3.37. The molecule has 0 unspecified atom stereocenters. The topological polar surface area (TPSA) is 27.3 Å². The van der Waals surface area contributed by atoms with Gasteiger partial charge in [-0.2, -0.15) is 0 Å². The second kappa shape index (κ2) is 6.67. The summed E-state index contributed by atoms with van der Waals surface area (Å²) in [5, 5.41) is 6.73. The number of hydrogen-bond acceptors (Lipinski definition) is 3. The Balaban J connectivity index is 1.71. The van der Waals surface area contributed by atoms with Crippen molar-refractivity contribution in [1.82, 2.24) is 4.90 Å². The molecule has 3 nitrogen and oxygen atoms in total. The van der Waals surface area contributed by atoms with E-state index in [0.717, 1.165) is 24.7 Å². The summed E-state index contributed by atoms with van der Waals surface area (Å²) < 4.78 is 0. The van der Waals surface area contributed by atoms with E-state index in [1.165, 1.54) is 0 Å². The zero-order valence-corrected chi connectivity index (χ0v) is 10.6. The van der Waals surface area contributed by atoms with Crippen LogP contribution in [0.2, 0.25) is 0 Å². The van der Waals surface area contributed by atoms with Crippen LogP contribution in [0.4, 0.5) is 11.4 Å². The van der Waals surface area contributed by atoms with Gasteiger partial charge in [-0.05, 0) is 31.3 Å². The largest absolute Gasteiger partial charge is 0.372 e. The summed E-state index contributed by atoms with van der Waals surface area (Å²) in [5.74, 6) is 0. The molecule has 94 valence electrons. The van der Waals surface area contributed by atoms with Crippen LogP contribution in [0.3, 0.4) is 0 Å². The van der Waals surface area contributed by atoms with Crippen LogP contribution >= 0.6 is 0 Å². The molecule has 0 bridgehead atoms. The monoisotopic (exact) mass is 241 g/mol. The van der Waals surface area contributed by atoms with Gasteiger partial charge in [0, 0.05) is 11.4 Å². The van der Waals surface area contributed by atoms with Gasteiger partial charge in [0.05, 0.1) is 13.3 Å². The van der Waals surface area contributed by atoms with Gasteiger partial charge in [0.1, 0.15) is 0 Å². The molecule has 0 fully saturated rings. The second-order valence-corrected chi connectivity index (χ2v) is 4.26. The molecule has 0 saturated heterocycles. The second-order valence-electron chi connectivity index (χ2n) is 4.26. The summed E-state index contributed by atoms with van der Waals surface area (Å²) in [6.45, 7) is 1.62. The first kappa shape index (κ1) is 12.5. The molecule has 0 aliphatic heterocycles. The Bertz CT molecular complexity index is 398. The summed E-state index contributed by atoms with van der Waals surface area (Å²) >= 11 is 0. The molecular formula is C15H19N3. The Morgan fingerprint density at radius 1 is 0.722 bits per heavy atom. The lowest BCUT2D eigenvalue weighted by atomic mass is 10.3. The molecule has 3 heteroatoms. The molecule has 0 aliphatic rings. The fourth-order valence-electron chi connectivity index (χ4n) is 1.62. The summed E-state index contributed by atoms with van der Waals surface area (Å²) in [6.07, 6.45) is 0. The van der Waals surface area contributed by atoms with Crippen molar-refractivity contribution in [2.45, 2.75) is 0 Å². The molecule has 18 heavy (non-hydrogen) atoms. The number of nitrogens with one attached hydrogen (secondary N) is 2. The van der Waals surface area contributed by atoms with Gasteiger partial charge in [-0.25, -0.2) is 0 Å². The minimum atomic E-state index is 0.809. The van der Waals surface area contributed by atoms with Gasteiger partial charge in [0.25, 0.3) is 0 Å². The van der Waals surface area contributed by atoms with Crippen LogP contribution in [0.15, 0.2) is 60.7 Å². The Labute approximate surface area is 108 Å². The van der Waals surface area contributed by atoms with E-state index in [4.69, 9.17) is 0 Å². The molecule has 2 N–H and O–H groups in total. The smallest absolute Gasteiger partial charge is 0.0690 e. The zero-order chi connectivity index (χ0) is 12.6. The van der Waals surface area contributed by atoms with Crippen molar-refractivity contribution in [1.29, 1.82) is 0 Å².